The molecule has 3 heterocycles. The van der Waals surface area contributed by atoms with Crippen molar-refractivity contribution in [2.24, 2.45) is 0 Å². The van der Waals surface area contributed by atoms with Gasteiger partial charge in [-0.1, -0.05) is 23.7 Å². The number of imide groups is 1. The number of carbonyl (C=O) groups excluding carboxylic acids is 4. The lowest BCUT2D eigenvalue weighted by Gasteiger charge is -2.44. The first-order chi connectivity index (χ1) is 25.8. The zero-order valence-corrected chi connectivity index (χ0v) is 34.3. The molecule has 296 valence electrons. The molecule has 4 fully saturated rings. The lowest BCUT2D eigenvalue weighted by molar-refractivity contribution is -0.134. The summed E-state index contributed by atoms with van der Waals surface area (Å²) in [5.41, 5.74) is 1.64. The number of piperidine rings is 1. The Morgan fingerprint density at radius 2 is 1.71 bits per heavy atom. The van der Waals surface area contributed by atoms with Gasteiger partial charge >= 0.3 is 0 Å². The SMILES string of the molecule is C[C@@H]1CN(CCCOC2CCC(N3C(=S)N(c4ccc(C#N)c(Cl)c4)C(=O)C3(C)C)CC2)C[C@H](C)N1CC(=O)Nc1ccc(C2CCC(=O)NC2=O)cc1.Cl. The summed E-state index contributed by atoms with van der Waals surface area (Å²) in [6.45, 7) is 11.8. The minimum Gasteiger partial charge on any atom is -0.378 e. The summed E-state index contributed by atoms with van der Waals surface area (Å²) < 4.78 is 6.35. The number of anilines is 2. The number of hydrogen-bond acceptors (Lipinski definition) is 9. The van der Waals surface area contributed by atoms with Gasteiger partial charge in [-0.3, -0.25) is 34.3 Å². The topological polar surface area (TPSA) is 138 Å². The lowest BCUT2D eigenvalue weighted by Crippen LogP contribution is -2.58. The van der Waals surface area contributed by atoms with Crippen LogP contribution in [0.3, 0.4) is 0 Å². The average molecular weight is 813 g/mol. The zero-order chi connectivity index (χ0) is 38.7. The highest BCUT2D eigenvalue weighted by molar-refractivity contribution is 7.80. The highest BCUT2D eigenvalue weighted by atomic mass is 35.5. The van der Waals surface area contributed by atoms with E-state index in [4.69, 9.17) is 28.6 Å². The summed E-state index contributed by atoms with van der Waals surface area (Å²) in [5, 5.41) is 15.4. The van der Waals surface area contributed by atoms with Crippen LogP contribution in [0.4, 0.5) is 11.4 Å². The fourth-order valence-corrected chi connectivity index (χ4v) is 9.31. The number of nitriles is 1. The van der Waals surface area contributed by atoms with Gasteiger partial charge in [-0.25, -0.2) is 0 Å². The smallest absolute Gasteiger partial charge is 0.258 e. The number of rotatable bonds is 11. The third-order valence-electron chi connectivity index (χ3n) is 11.4. The van der Waals surface area contributed by atoms with Crippen LogP contribution in [-0.2, 0) is 23.9 Å². The van der Waals surface area contributed by atoms with Gasteiger partial charge in [0.25, 0.3) is 5.91 Å². The van der Waals surface area contributed by atoms with E-state index in [1.165, 1.54) is 0 Å². The molecule has 0 spiro atoms. The normalized spacial score (nSPS) is 26.0. The van der Waals surface area contributed by atoms with E-state index in [9.17, 15) is 24.4 Å². The monoisotopic (exact) mass is 811 g/mol. The van der Waals surface area contributed by atoms with Crippen molar-refractivity contribution in [1.82, 2.24) is 20.0 Å². The third-order valence-corrected chi connectivity index (χ3v) is 12.1. The van der Waals surface area contributed by atoms with Crippen molar-refractivity contribution in [2.45, 2.75) is 108 Å². The van der Waals surface area contributed by atoms with E-state index in [1.807, 2.05) is 38.1 Å². The van der Waals surface area contributed by atoms with Crippen molar-refractivity contribution in [2.75, 3.05) is 43.0 Å². The van der Waals surface area contributed by atoms with Crippen molar-refractivity contribution < 1.29 is 23.9 Å². The van der Waals surface area contributed by atoms with Gasteiger partial charge in [0.2, 0.25) is 17.7 Å². The van der Waals surface area contributed by atoms with Gasteiger partial charge in [-0.15, -0.1) is 12.4 Å². The Kier molecular flexibility index (Phi) is 14.0. The Morgan fingerprint density at radius 3 is 2.33 bits per heavy atom. The van der Waals surface area contributed by atoms with Gasteiger partial charge in [-0.2, -0.15) is 5.26 Å². The standard InChI is InChI=1S/C40H50ClN7O5S.ClH/c1-25-22-45(23-26(2)46(25)24-36(50)43-29-9-6-27(7-10-29)33-16-17-35(49)44-37(33)51)18-5-19-53-32-14-12-30(13-15-32)48-39(54)47(38(52)40(48,3)4)31-11-8-28(21-42)34(41)20-31;/h6-11,20,25-26,30,32-33H,5,12-19,22-24H2,1-4H3,(H,43,50)(H,44,49,51);1H/t25-,26+,30?,32?,33?;. The van der Waals surface area contributed by atoms with Crippen LogP contribution in [0.25, 0.3) is 0 Å². The zero-order valence-electron chi connectivity index (χ0n) is 31.9. The summed E-state index contributed by atoms with van der Waals surface area (Å²) in [4.78, 5) is 58.6. The minimum absolute atomic E-state index is 0. The molecule has 12 nitrogen and oxygen atoms in total. The van der Waals surface area contributed by atoms with Crippen LogP contribution in [-0.4, -0.2) is 106 Å². The fourth-order valence-electron chi connectivity index (χ4n) is 8.53. The number of benzene rings is 2. The van der Waals surface area contributed by atoms with Gasteiger partial charge in [0.05, 0.1) is 34.8 Å². The summed E-state index contributed by atoms with van der Waals surface area (Å²) in [6, 6.07) is 14.9. The van der Waals surface area contributed by atoms with E-state index in [0.717, 1.165) is 57.3 Å². The molecule has 0 radical (unpaired) electrons. The molecule has 2 N–H and O–H groups in total. The van der Waals surface area contributed by atoms with Crippen molar-refractivity contribution in [3.05, 3.63) is 58.6 Å². The maximum atomic E-state index is 13.6. The van der Waals surface area contributed by atoms with Crippen LogP contribution in [0.2, 0.25) is 5.02 Å². The second-order valence-electron chi connectivity index (χ2n) is 15.6. The number of halogens is 2. The summed E-state index contributed by atoms with van der Waals surface area (Å²) >= 11 is 12.2. The van der Waals surface area contributed by atoms with E-state index >= 15 is 0 Å². The Labute approximate surface area is 340 Å². The van der Waals surface area contributed by atoms with Gasteiger partial charge < -0.3 is 19.9 Å². The van der Waals surface area contributed by atoms with Crippen LogP contribution < -0.4 is 15.5 Å². The molecular weight excluding hydrogens is 761 g/mol. The van der Waals surface area contributed by atoms with E-state index < -0.39 is 5.54 Å². The van der Waals surface area contributed by atoms with Crippen LogP contribution in [0.5, 0.6) is 0 Å². The predicted molar refractivity (Wildman–Crippen MR) is 218 cm³/mol. The number of carbonyl (C=O) groups is 4. The average Bonchev–Trinajstić information content (AvgIpc) is 3.31. The molecule has 1 saturated carbocycles. The highest BCUT2D eigenvalue weighted by Gasteiger charge is 2.52. The molecule has 3 atom stereocenters. The number of amides is 4. The second kappa shape index (κ2) is 18.1. The first-order valence-corrected chi connectivity index (χ1v) is 19.8. The summed E-state index contributed by atoms with van der Waals surface area (Å²) in [6.07, 6.45) is 5.47. The molecule has 2 aromatic rings. The maximum Gasteiger partial charge on any atom is 0.258 e. The molecule has 2 aromatic carbocycles. The minimum atomic E-state index is -0.800. The van der Waals surface area contributed by atoms with Crippen LogP contribution >= 0.6 is 36.2 Å². The van der Waals surface area contributed by atoms with E-state index in [1.54, 1.807) is 23.1 Å². The van der Waals surface area contributed by atoms with Crippen molar-refractivity contribution in [1.29, 1.82) is 5.26 Å². The molecular formula is C40H51Cl2N7O5S. The Bertz CT molecular complexity index is 1800. The number of piperazine rings is 1. The summed E-state index contributed by atoms with van der Waals surface area (Å²) in [5.74, 6) is -1.03. The molecule has 6 rings (SSSR count). The first-order valence-electron chi connectivity index (χ1n) is 19.0. The second-order valence-corrected chi connectivity index (χ2v) is 16.4. The van der Waals surface area contributed by atoms with Crippen molar-refractivity contribution in [3.63, 3.8) is 0 Å². The van der Waals surface area contributed by atoms with Crippen LogP contribution in [0.1, 0.15) is 89.7 Å². The number of nitrogens with one attached hydrogen (secondary N) is 2. The molecule has 0 bridgehead atoms. The third kappa shape index (κ3) is 9.50. The first kappa shape index (κ1) is 42.5. The van der Waals surface area contributed by atoms with Crippen molar-refractivity contribution in [3.8, 4) is 6.07 Å². The molecule has 15 heteroatoms. The number of nitrogens with zero attached hydrogens (tertiary/aromatic N) is 5. The Hall–Kier alpha value is -3.64. The van der Waals surface area contributed by atoms with Gasteiger partial charge in [0.1, 0.15) is 11.6 Å². The van der Waals surface area contributed by atoms with Gasteiger partial charge in [0, 0.05) is 56.5 Å². The fraction of sp³-hybridized carbons (Fsp3) is 0.550. The van der Waals surface area contributed by atoms with E-state index in [2.05, 4.69) is 45.3 Å². The molecule has 0 aromatic heterocycles. The number of ether oxygens (including phenoxy) is 1. The van der Waals surface area contributed by atoms with Crippen molar-refractivity contribution >= 4 is 76.3 Å². The molecule has 3 aliphatic heterocycles. The molecule has 1 aliphatic carbocycles. The van der Waals surface area contributed by atoms with Crippen LogP contribution in [0.15, 0.2) is 42.5 Å². The van der Waals surface area contributed by atoms with E-state index in [0.29, 0.717) is 53.1 Å². The van der Waals surface area contributed by atoms with E-state index in [-0.39, 0.29) is 66.2 Å². The number of thiocarbonyl (C=S) groups is 1. The number of hydrogen-bond donors (Lipinski definition) is 2. The van der Waals surface area contributed by atoms with Gasteiger partial charge in [0.15, 0.2) is 5.11 Å². The van der Waals surface area contributed by atoms with Gasteiger partial charge in [-0.05, 0) is 114 Å². The molecule has 4 amide bonds. The molecule has 4 aliphatic rings. The van der Waals surface area contributed by atoms with Crippen LogP contribution in [0, 0.1) is 11.3 Å². The molecule has 1 unspecified atom stereocenters. The highest BCUT2D eigenvalue weighted by Crippen LogP contribution is 2.39. The quantitative estimate of drug-likeness (QED) is 0.167. The lowest BCUT2D eigenvalue weighted by atomic mass is 9.89. The Balaban J connectivity index is 0.00000580. The molecule has 55 heavy (non-hydrogen) atoms. The predicted octanol–water partition coefficient (Wildman–Crippen LogP) is 5.62. The Morgan fingerprint density at radius 1 is 1.04 bits per heavy atom. The largest absolute Gasteiger partial charge is 0.378 e. The summed E-state index contributed by atoms with van der Waals surface area (Å²) in [7, 11) is 0. The molecule has 3 saturated heterocycles. The maximum absolute atomic E-state index is 13.6.